The van der Waals surface area contributed by atoms with Crippen molar-refractivity contribution >= 4 is 0 Å². The molecular weight excluding hydrogens is 174 g/mol. The summed E-state index contributed by atoms with van der Waals surface area (Å²) in [6, 6.07) is 4.55. The lowest BCUT2D eigenvalue weighted by Crippen LogP contribution is -2.06. The molecule has 2 rings (SSSR count). The van der Waals surface area contributed by atoms with Gasteiger partial charge in [-0.25, -0.2) is 0 Å². The zero-order chi connectivity index (χ0) is 10.1. The molecule has 0 spiro atoms. The van der Waals surface area contributed by atoms with E-state index in [1.807, 2.05) is 6.92 Å². The zero-order valence-corrected chi connectivity index (χ0v) is 8.84. The first-order valence-electron chi connectivity index (χ1n) is 5.24. The lowest BCUT2D eigenvalue weighted by atomic mass is 10.0. The van der Waals surface area contributed by atoms with E-state index >= 15 is 0 Å². The Morgan fingerprint density at radius 3 is 3.00 bits per heavy atom. The van der Waals surface area contributed by atoms with E-state index in [-0.39, 0.29) is 6.04 Å². The Hall–Kier alpha value is -1.02. The minimum Gasteiger partial charge on any atom is -0.494 e. The highest BCUT2D eigenvalue weighted by Crippen LogP contribution is 2.34. The summed E-state index contributed by atoms with van der Waals surface area (Å²) in [6.45, 7) is 4.82. The number of fused-ring (bicyclic) bond motifs is 1. The van der Waals surface area contributed by atoms with Crippen molar-refractivity contribution in [1.29, 1.82) is 0 Å². The molecule has 0 heterocycles. The van der Waals surface area contributed by atoms with E-state index in [0.717, 1.165) is 25.2 Å². The Morgan fingerprint density at radius 1 is 1.50 bits per heavy atom. The highest BCUT2D eigenvalue weighted by Gasteiger charge is 2.20. The maximum atomic E-state index is 6.01. The van der Waals surface area contributed by atoms with Crippen LogP contribution in [0.25, 0.3) is 0 Å². The van der Waals surface area contributed by atoms with Crippen molar-refractivity contribution in [2.75, 3.05) is 6.61 Å². The number of benzene rings is 1. The average molecular weight is 191 g/mol. The summed E-state index contributed by atoms with van der Waals surface area (Å²) in [4.78, 5) is 0. The number of rotatable bonds is 2. The molecule has 2 nitrogen and oxygen atoms in total. The topological polar surface area (TPSA) is 35.2 Å². The van der Waals surface area contributed by atoms with E-state index in [4.69, 9.17) is 10.5 Å². The maximum absolute atomic E-state index is 6.01. The Morgan fingerprint density at radius 2 is 2.29 bits per heavy atom. The van der Waals surface area contributed by atoms with Gasteiger partial charge in [0.1, 0.15) is 5.75 Å². The van der Waals surface area contributed by atoms with Crippen LogP contribution in [0.15, 0.2) is 12.1 Å². The number of aryl methyl sites for hydroxylation is 2. The van der Waals surface area contributed by atoms with E-state index in [0.29, 0.717) is 0 Å². The molecule has 1 aliphatic carbocycles. The summed E-state index contributed by atoms with van der Waals surface area (Å²) in [7, 11) is 0. The second kappa shape index (κ2) is 3.62. The monoisotopic (exact) mass is 191 g/mol. The molecule has 0 fully saturated rings. The van der Waals surface area contributed by atoms with Gasteiger partial charge >= 0.3 is 0 Å². The molecule has 1 aliphatic rings. The molecule has 0 radical (unpaired) electrons. The van der Waals surface area contributed by atoms with Crippen LogP contribution in [0.1, 0.15) is 36.1 Å². The van der Waals surface area contributed by atoms with Crippen molar-refractivity contribution in [3.8, 4) is 5.75 Å². The van der Waals surface area contributed by atoms with E-state index in [9.17, 15) is 0 Å². The Bertz CT molecular complexity index is 346. The van der Waals surface area contributed by atoms with E-state index in [2.05, 4.69) is 19.1 Å². The van der Waals surface area contributed by atoms with Gasteiger partial charge < -0.3 is 10.5 Å². The summed E-state index contributed by atoms with van der Waals surface area (Å²) in [5.74, 6) is 0.989. The fourth-order valence-corrected chi connectivity index (χ4v) is 2.10. The van der Waals surface area contributed by atoms with Gasteiger partial charge in [-0.3, -0.25) is 0 Å². The first-order valence-corrected chi connectivity index (χ1v) is 5.24. The molecule has 0 unspecified atom stereocenters. The summed E-state index contributed by atoms with van der Waals surface area (Å²) < 4.78 is 5.55. The second-order valence-corrected chi connectivity index (χ2v) is 3.89. The summed E-state index contributed by atoms with van der Waals surface area (Å²) in [5, 5.41) is 0. The van der Waals surface area contributed by atoms with Gasteiger partial charge in [-0.15, -0.1) is 0 Å². The Kier molecular flexibility index (Phi) is 2.46. The van der Waals surface area contributed by atoms with Crippen molar-refractivity contribution in [3.05, 3.63) is 28.8 Å². The summed E-state index contributed by atoms with van der Waals surface area (Å²) in [6.07, 6.45) is 2.19. The van der Waals surface area contributed by atoms with Crippen molar-refractivity contribution < 1.29 is 4.74 Å². The molecule has 2 heteroatoms. The Balaban J connectivity index is 2.41. The number of hydrogen-bond donors (Lipinski definition) is 1. The molecule has 0 bridgehead atoms. The molecule has 2 N–H and O–H groups in total. The van der Waals surface area contributed by atoms with E-state index in [1.165, 1.54) is 16.7 Å². The van der Waals surface area contributed by atoms with Crippen molar-refractivity contribution in [3.63, 3.8) is 0 Å². The van der Waals surface area contributed by atoms with E-state index in [1.54, 1.807) is 0 Å². The van der Waals surface area contributed by atoms with Gasteiger partial charge in [0, 0.05) is 6.04 Å². The Labute approximate surface area is 85.1 Å². The molecule has 0 aliphatic heterocycles. The van der Waals surface area contributed by atoms with Crippen molar-refractivity contribution in [2.24, 2.45) is 5.73 Å². The summed E-state index contributed by atoms with van der Waals surface area (Å²) in [5.41, 5.74) is 9.91. The third-order valence-corrected chi connectivity index (χ3v) is 2.86. The maximum Gasteiger partial charge on any atom is 0.122 e. The van der Waals surface area contributed by atoms with Crippen LogP contribution < -0.4 is 10.5 Å². The van der Waals surface area contributed by atoms with Crippen LogP contribution in [0.4, 0.5) is 0 Å². The largest absolute Gasteiger partial charge is 0.494 e. The second-order valence-electron chi connectivity index (χ2n) is 3.89. The van der Waals surface area contributed by atoms with Gasteiger partial charge in [0.2, 0.25) is 0 Å². The highest BCUT2D eigenvalue weighted by atomic mass is 16.5. The van der Waals surface area contributed by atoms with Gasteiger partial charge in [0.25, 0.3) is 0 Å². The predicted octanol–water partition coefficient (Wildman–Crippen LogP) is 2.34. The molecule has 76 valence electrons. The van der Waals surface area contributed by atoms with Crippen LogP contribution >= 0.6 is 0 Å². The minimum atomic E-state index is 0.213. The quantitative estimate of drug-likeness (QED) is 0.778. The third kappa shape index (κ3) is 1.50. The average Bonchev–Trinajstić information content (AvgIpc) is 2.49. The molecular formula is C12H17NO. The highest BCUT2D eigenvalue weighted by molar-refractivity contribution is 5.45. The van der Waals surface area contributed by atoms with Gasteiger partial charge in [0.05, 0.1) is 6.61 Å². The lowest BCUT2D eigenvalue weighted by Gasteiger charge is -2.11. The smallest absolute Gasteiger partial charge is 0.122 e. The first kappa shape index (κ1) is 9.53. The van der Waals surface area contributed by atoms with Gasteiger partial charge in [-0.1, -0.05) is 6.07 Å². The van der Waals surface area contributed by atoms with Crippen LogP contribution in [0.5, 0.6) is 5.75 Å². The molecule has 0 amide bonds. The van der Waals surface area contributed by atoms with Gasteiger partial charge in [-0.05, 0) is 49.4 Å². The third-order valence-electron chi connectivity index (χ3n) is 2.86. The SMILES string of the molecule is CCOc1cc2c(cc1C)CC[C@@H]2N. The fourth-order valence-electron chi connectivity index (χ4n) is 2.10. The zero-order valence-electron chi connectivity index (χ0n) is 8.84. The number of hydrogen-bond acceptors (Lipinski definition) is 2. The predicted molar refractivity (Wildman–Crippen MR) is 57.6 cm³/mol. The normalized spacial score (nSPS) is 19.5. The molecule has 1 atom stereocenters. The summed E-state index contributed by atoms with van der Waals surface area (Å²) >= 11 is 0. The van der Waals surface area contributed by atoms with Crippen LogP contribution in [0.2, 0.25) is 0 Å². The van der Waals surface area contributed by atoms with Crippen molar-refractivity contribution in [2.45, 2.75) is 32.7 Å². The molecule has 0 saturated heterocycles. The fraction of sp³-hybridized carbons (Fsp3) is 0.500. The van der Waals surface area contributed by atoms with E-state index < -0.39 is 0 Å². The van der Waals surface area contributed by atoms with Crippen LogP contribution in [0, 0.1) is 6.92 Å². The molecule has 1 aromatic rings. The van der Waals surface area contributed by atoms with Crippen LogP contribution in [-0.4, -0.2) is 6.61 Å². The lowest BCUT2D eigenvalue weighted by molar-refractivity contribution is 0.337. The molecule has 1 aromatic carbocycles. The first-order chi connectivity index (χ1) is 6.72. The number of ether oxygens (including phenoxy) is 1. The molecule has 0 aromatic heterocycles. The molecule has 0 saturated carbocycles. The van der Waals surface area contributed by atoms with Crippen LogP contribution in [-0.2, 0) is 6.42 Å². The van der Waals surface area contributed by atoms with Crippen molar-refractivity contribution in [1.82, 2.24) is 0 Å². The van der Waals surface area contributed by atoms with Crippen LogP contribution in [0.3, 0.4) is 0 Å². The molecule has 14 heavy (non-hydrogen) atoms. The van der Waals surface area contributed by atoms with Gasteiger partial charge in [-0.2, -0.15) is 0 Å². The van der Waals surface area contributed by atoms with Gasteiger partial charge in [0.15, 0.2) is 0 Å². The standard InChI is InChI=1S/C12H17NO/c1-3-14-12-7-10-9(6-8(12)2)4-5-11(10)13/h6-7,11H,3-5,13H2,1-2H3/t11-/m0/s1. The minimum absolute atomic E-state index is 0.213. The number of nitrogens with two attached hydrogens (primary N) is 1.